The molecule has 7 nitrogen and oxygen atoms in total. The Morgan fingerprint density at radius 1 is 1.12 bits per heavy atom. The zero-order valence-electron chi connectivity index (χ0n) is 14.7. The Balaban J connectivity index is 1.30. The molecule has 2 aromatic heterocycles. The van der Waals surface area contributed by atoms with Crippen LogP contribution in [0.5, 0.6) is 0 Å². The number of aromatic nitrogens is 3. The average molecular weight is 372 g/mol. The third-order valence-corrected chi connectivity index (χ3v) is 6.31. The lowest BCUT2D eigenvalue weighted by atomic mass is 9.96. The van der Waals surface area contributed by atoms with Crippen molar-refractivity contribution in [1.82, 2.24) is 20.3 Å². The van der Waals surface area contributed by atoms with E-state index in [0.29, 0.717) is 5.92 Å². The Morgan fingerprint density at radius 3 is 2.65 bits per heavy atom. The normalized spacial score (nSPS) is 19.5. The zero-order chi connectivity index (χ0) is 17.8. The lowest BCUT2D eigenvalue weighted by Gasteiger charge is -2.31. The second kappa shape index (κ2) is 8.09. The van der Waals surface area contributed by atoms with Crippen LogP contribution >= 0.6 is 11.3 Å². The van der Waals surface area contributed by atoms with Gasteiger partial charge in [-0.25, -0.2) is 9.97 Å². The van der Waals surface area contributed by atoms with Crippen molar-refractivity contribution in [3.05, 3.63) is 29.7 Å². The lowest BCUT2D eigenvalue weighted by molar-refractivity contribution is -0.120. The van der Waals surface area contributed by atoms with Gasteiger partial charge >= 0.3 is 0 Å². The Bertz CT molecular complexity index is 722. The van der Waals surface area contributed by atoms with Crippen LogP contribution in [0.4, 0.5) is 10.9 Å². The Kier molecular flexibility index (Phi) is 5.40. The summed E-state index contributed by atoms with van der Waals surface area (Å²) in [6.07, 6.45) is 11.0. The summed E-state index contributed by atoms with van der Waals surface area (Å²) in [7, 11) is 0. The van der Waals surface area contributed by atoms with E-state index in [9.17, 15) is 4.79 Å². The molecule has 0 aliphatic carbocycles. The highest BCUT2D eigenvalue weighted by molar-refractivity contribution is 7.15. The summed E-state index contributed by atoms with van der Waals surface area (Å²) < 4.78 is 0. The van der Waals surface area contributed by atoms with Crippen LogP contribution in [0.3, 0.4) is 0 Å². The molecule has 4 heterocycles. The summed E-state index contributed by atoms with van der Waals surface area (Å²) in [6.45, 7) is 3.78. The molecule has 0 unspecified atom stereocenters. The molecule has 8 heteroatoms. The summed E-state index contributed by atoms with van der Waals surface area (Å²) in [5.74, 6) is 1.59. The van der Waals surface area contributed by atoms with Gasteiger partial charge in [-0.05, 0) is 44.7 Å². The van der Waals surface area contributed by atoms with Gasteiger partial charge in [-0.2, -0.15) is 0 Å². The minimum Gasteiger partial charge on any atom is -0.355 e. The molecule has 0 bridgehead atoms. The molecular formula is C18H24N6OS. The van der Waals surface area contributed by atoms with E-state index < -0.39 is 0 Å². The summed E-state index contributed by atoms with van der Waals surface area (Å²) in [4.78, 5) is 29.0. The van der Waals surface area contributed by atoms with Crippen LogP contribution in [0.15, 0.2) is 24.8 Å². The highest BCUT2D eigenvalue weighted by Gasteiger charge is 2.26. The number of carbonyl (C=O) groups excluding carboxylic acids is 1. The predicted octanol–water partition coefficient (Wildman–Crippen LogP) is 2.26. The molecule has 0 aromatic carbocycles. The summed E-state index contributed by atoms with van der Waals surface area (Å²) in [5.41, 5.74) is 0. The summed E-state index contributed by atoms with van der Waals surface area (Å²) in [6, 6.07) is 0. The molecule has 0 spiro atoms. The zero-order valence-corrected chi connectivity index (χ0v) is 15.5. The molecule has 0 atom stereocenters. The molecule has 2 N–H and O–H groups in total. The number of nitrogens with one attached hydrogen (secondary N) is 2. The van der Waals surface area contributed by atoms with E-state index in [2.05, 4.69) is 30.5 Å². The van der Waals surface area contributed by atoms with Crippen LogP contribution in [0.2, 0.25) is 0 Å². The van der Waals surface area contributed by atoms with E-state index in [-0.39, 0.29) is 11.8 Å². The Hall–Kier alpha value is -2.06. The number of thiazole rings is 1. The number of carbonyl (C=O) groups is 1. The predicted molar refractivity (Wildman–Crippen MR) is 103 cm³/mol. The maximum absolute atomic E-state index is 12.6. The Morgan fingerprint density at radius 2 is 1.92 bits per heavy atom. The molecule has 2 saturated heterocycles. The fourth-order valence-electron chi connectivity index (χ4n) is 3.67. The number of hydrogen-bond donors (Lipinski definition) is 2. The van der Waals surface area contributed by atoms with Gasteiger partial charge in [0.1, 0.15) is 5.82 Å². The topological polar surface area (TPSA) is 83.0 Å². The number of anilines is 2. The van der Waals surface area contributed by atoms with Gasteiger partial charge in [-0.3, -0.25) is 9.78 Å². The second-order valence-electron chi connectivity index (χ2n) is 6.91. The first-order valence-corrected chi connectivity index (χ1v) is 10.1. The SMILES string of the molecule is O=C(Nc1ncc(C2CCNCC2)s1)C1CCN(c2cnccn2)CC1. The molecule has 4 rings (SSSR count). The third kappa shape index (κ3) is 4.02. The van der Waals surface area contributed by atoms with Crippen molar-refractivity contribution >= 4 is 28.2 Å². The van der Waals surface area contributed by atoms with E-state index in [1.807, 2.05) is 6.20 Å². The van der Waals surface area contributed by atoms with Crippen molar-refractivity contribution in [2.45, 2.75) is 31.6 Å². The largest absolute Gasteiger partial charge is 0.355 e. The van der Waals surface area contributed by atoms with Crippen molar-refractivity contribution in [2.75, 3.05) is 36.4 Å². The molecule has 26 heavy (non-hydrogen) atoms. The van der Waals surface area contributed by atoms with Crippen LogP contribution in [-0.2, 0) is 4.79 Å². The van der Waals surface area contributed by atoms with Crippen LogP contribution in [-0.4, -0.2) is 47.0 Å². The van der Waals surface area contributed by atoms with Gasteiger partial charge in [0, 0.05) is 42.5 Å². The first-order chi connectivity index (χ1) is 12.8. The maximum Gasteiger partial charge on any atom is 0.229 e. The molecule has 2 aromatic rings. The second-order valence-corrected chi connectivity index (χ2v) is 7.97. The highest BCUT2D eigenvalue weighted by atomic mass is 32.1. The van der Waals surface area contributed by atoms with Gasteiger partial charge in [-0.1, -0.05) is 0 Å². The minimum atomic E-state index is 0.0363. The average Bonchev–Trinajstić information content (AvgIpc) is 3.18. The van der Waals surface area contributed by atoms with Crippen LogP contribution < -0.4 is 15.5 Å². The third-order valence-electron chi connectivity index (χ3n) is 5.23. The molecular weight excluding hydrogens is 348 g/mol. The maximum atomic E-state index is 12.6. The van der Waals surface area contributed by atoms with Gasteiger partial charge in [0.25, 0.3) is 0 Å². The monoisotopic (exact) mass is 372 g/mol. The molecule has 2 aliphatic rings. The lowest BCUT2D eigenvalue weighted by Crippen LogP contribution is -2.38. The van der Waals surface area contributed by atoms with Crippen LogP contribution in [0, 0.1) is 5.92 Å². The number of nitrogens with zero attached hydrogens (tertiary/aromatic N) is 4. The molecule has 2 aliphatic heterocycles. The van der Waals surface area contributed by atoms with E-state index in [1.54, 1.807) is 29.9 Å². The van der Waals surface area contributed by atoms with Gasteiger partial charge in [-0.15, -0.1) is 11.3 Å². The van der Waals surface area contributed by atoms with Crippen LogP contribution in [0.1, 0.15) is 36.5 Å². The Labute approximate surface area is 157 Å². The number of piperidine rings is 2. The first-order valence-electron chi connectivity index (χ1n) is 9.28. The van der Waals surface area contributed by atoms with E-state index in [0.717, 1.165) is 62.8 Å². The van der Waals surface area contributed by atoms with E-state index in [4.69, 9.17) is 0 Å². The van der Waals surface area contributed by atoms with Crippen molar-refractivity contribution in [3.8, 4) is 0 Å². The van der Waals surface area contributed by atoms with Gasteiger partial charge in [0.15, 0.2) is 5.13 Å². The van der Waals surface area contributed by atoms with Gasteiger partial charge in [0.2, 0.25) is 5.91 Å². The highest BCUT2D eigenvalue weighted by Crippen LogP contribution is 2.32. The van der Waals surface area contributed by atoms with Gasteiger partial charge < -0.3 is 15.5 Å². The number of amides is 1. The molecule has 1 amide bonds. The number of rotatable bonds is 4. The summed E-state index contributed by atoms with van der Waals surface area (Å²) >= 11 is 1.63. The van der Waals surface area contributed by atoms with Crippen molar-refractivity contribution < 1.29 is 4.79 Å². The molecule has 0 radical (unpaired) electrons. The van der Waals surface area contributed by atoms with E-state index >= 15 is 0 Å². The number of hydrogen-bond acceptors (Lipinski definition) is 7. The molecule has 0 saturated carbocycles. The summed E-state index contributed by atoms with van der Waals surface area (Å²) in [5, 5.41) is 7.15. The van der Waals surface area contributed by atoms with Gasteiger partial charge in [0.05, 0.1) is 6.20 Å². The van der Waals surface area contributed by atoms with Crippen molar-refractivity contribution in [3.63, 3.8) is 0 Å². The van der Waals surface area contributed by atoms with Crippen molar-refractivity contribution in [2.24, 2.45) is 5.92 Å². The molecule has 138 valence electrons. The van der Waals surface area contributed by atoms with E-state index in [1.165, 1.54) is 4.88 Å². The van der Waals surface area contributed by atoms with Crippen LogP contribution in [0.25, 0.3) is 0 Å². The van der Waals surface area contributed by atoms with Crippen molar-refractivity contribution in [1.29, 1.82) is 0 Å². The standard InChI is InChI=1S/C18H24N6OS/c25-17(14-3-9-24(10-4-14)16-12-20-7-8-21-16)23-18-22-11-15(26-18)13-1-5-19-6-2-13/h7-8,11-14,19H,1-6,9-10H2,(H,22,23,25). The fraction of sp³-hybridized carbons (Fsp3) is 0.556. The fourth-order valence-corrected chi connectivity index (χ4v) is 4.66. The smallest absolute Gasteiger partial charge is 0.229 e. The molecule has 2 fully saturated rings. The first kappa shape index (κ1) is 17.4. The quantitative estimate of drug-likeness (QED) is 0.857. The minimum absolute atomic E-state index is 0.0363.